The van der Waals surface area contributed by atoms with Crippen LogP contribution in [0.1, 0.15) is 20.3 Å². The third-order valence-electron chi connectivity index (χ3n) is 2.89. The largest absolute Gasteiger partial charge is 0.358 e. The van der Waals surface area contributed by atoms with E-state index >= 15 is 0 Å². The fourth-order valence-corrected chi connectivity index (χ4v) is 1.62. The van der Waals surface area contributed by atoms with Crippen molar-refractivity contribution in [2.75, 3.05) is 33.9 Å². The summed E-state index contributed by atoms with van der Waals surface area (Å²) in [6.45, 7) is 4.68. The molecule has 0 atom stereocenters. The third-order valence-corrected chi connectivity index (χ3v) is 2.89. The van der Waals surface area contributed by atoms with Crippen LogP contribution in [-0.2, 0) is 19.1 Å². The van der Waals surface area contributed by atoms with Gasteiger partial charge in [0.2, 0.25) is 5.91 Å². The predicted octanol–water partition coefficient (Wildman–Crippen LogP) is -0.268. The lowest BCUT2D eigenvalue weighted by atomic mass is 10.1. The highest BCUT2D eigenvalue weighted by molar-refractivity contribution is 6.13. The van der Waals surface area contributed by atoms with Crippen molar-refractivity contribution in [3.63, 3.8) is 0 Å². The molecule has 7 heteroatoms. The van der Waals surface area contributed by atoms with Gasteiger partial charge in [-0.25, -0.2) is 0 Å². The van der Waals surface area contributed by atoms with Gasteiger partial charge in [0.05, 0.1) is 12.3 Å². The first-order valence-corrected chi connectivity index (χ1v) is 6.80. The highest BCUT2D eigenvalue weighted by Gasteiger charge is 2.24. The van der Waals surface area contributed by atoms with E-state index in [0.717, 1.165) is 4.90 Å². The van der Waals surface area contributed by atoms with Crippen molar-refractivity contribution >= 4 is 17.7 Å². The monoisotopic (exact) mass is 297 g/mol. The van der Waals surface area contributed by atoms with E-state index in [1.807, 2.05) is 32.8 Å². The molecule has 1 aliphatic rings. The maximum absolute atomic E-state index is 11.8. The second-order valence-corrected chi connectivity index (χ2v) is 5.80. The van der Waals surface area contributed by atoms with Crippen LogP contribution in [0, 0.1) is 0 Å². The van der Waals surface area contributed by atoms with Crippen LogP contribution in [-0.4, -0.2) is 67.0 Å². The average molecular weight is 297 g/mol. The van der Waals surface area contributed by atoms with Crippen molar-refractivity contribution in [1.82, 2.24) is 15.1 Å². The number of hydrogen-bond acceptors (Lipinski definition) is 5. The van der Waals surface area contributed by atoms with E-state index < -0.39 is 5.60 Å². The van der Waals surface area contributed by atoms with Gasteiger partial charge in [-0.15, -0.1) is 0 Å². The highest BCUT2D eigenvalue weighted by Crippen LogP contribution is 2.08. The van der Waals surface area contributed by atoms with Crippen LogP contribution in [0.3, 0.4) is 0 Å². The molecule has 0 bridgehead atoms. The van der Waals surface area contributed by atoms with E-state index in [-0.39, 0.29) is 30.7 Å². The minimum absolute atomic E-state index is 0.0862. The molecule has 0 saturated heterocycles. The molecule has 21 heavy (non-hydrogen) atoms. The number of carbonyl (C=O) groups is 3. The van der Waals surface area contributed by atoms with Crippen molar-refractivity contribution in [3.05, 3.63) is 12.2 Å². The van der Waals surface area contributed by atoms with Crippen molar-refractivity contribution in [3.8, 4) is 0 Å². The second-order valence-electron chi connectivity index (χ2n) is 5.80. The summed E-state index contributed by atoms with van der Waals surface area (Å²) in [7, 11) is 3.79. The van der Waals surface area contributed by atoms with E-state index in [0.29, 0.717) is 13.3 Å². The van der Waals surface area contributed by atoms with Crippen LogP contribution in [0.15, 0.2) is 12.2 Å². The van der Waals surface area contributed by atoms with E-state index in [1.165, 1.54) is 12.2 Å². The Balaban J connectivity index is 2.28. The first-order chi connectivity index (χ1) is 9.71. The van der Waals surface area contributed by atoms with Gasteiger partial charge in [-0.05, 0) is 27.9 Å². The van der Waals surface area contributed by atoms with Crippen molar-refractivity contribution in [1.29, 1.82) is 0 Å². The van der Waals surface area contributed by atoms with E-state index in [2.05, 4.69) is 5.32 Å². The Morgan fingerprint density at radius 3 is 2.38 bits per heavy atom. The molecule has 0 saturated carbocycles. The van der Waals surface area contributed by atoms with Crippen LogP contribution in [0.4, 0.5) is 0 Å². The van der Waals surface area contributed by atoms with Gasteiger partial charge in [0.1, 0.15) is 0 Å². The molecule has 0 aromatic carbocycles. The summed E-state index contributed by atoms with van der Waals surface area (Å²) in [6, 6.07) is 0. The molecule has 0 radical (unpaired) electrons. The molecule has 3 amide bonds. The van der Waals surface area contributed by atoms with Gasteiger partial charge in [-0.1, -0.05) is 0 Å². The quantitative estimate of drug-likeness (QED) is 0.493. The lowest BCUT2D eigenvalue weighted by Crippen LogP contribution is -2.43. The maximum Gasteiger partial charge on any atom is 0.253 e. The SMILES string of the molecule is CN(C)COC(C)(C)CNC(=O)CCN1C(=O)C=CC1=O. The zero-order chi connectivity index (χ0) is 16.0. The first-order valence-electron chi connectivity index (χ1n) is 6.80. The summed E-state index contributed by atoms with van der Waals surface area (Å²) in [6.07, 6.45) is 2.50. The summed E-state index contributed by atoms with van der Waals surface area (Å²) in [4.78, 5) is 37.3. The van der Waals surface area contributed by atoms with Crippen LogP contribution >= 0.6 is 0 Å². The fraction of sp³-hybridized carbons (Fsp3) is 0.643. The first kappa shape index (κ1) is 17.3. The van der Waals surface area contributed by atoms with Gasteiger partial charge in [-0.3, -0.25) is 24.2 Å². The lowest BCUT2D eigenvalue weighted by Gasteiger charge is -2.27. The summed E-state index contributed by atoms with van der Waals surface area (Å²) >= 11 is 0. The Bertz CT molecular complexity index is 426. The van der Waals surface area contributed by atoms with Crippen LogP contribution in [0.5, 0.6) is 0 Å². The van der Waals surface area contributed by atoms with Crippen LogP contribution in [0.2, 0.25) is 0 Å². The summed E-state index contributed by atoms with van der Waals surface area (Å²) < 4.78 is 5.64. The standard InChI is InChI=1S/C14H23N3O4/c1-14(2,21-10-16(3)4)9-15-11(18)7-8-17-12(19)5-6-13(17)20/h5-6H,7-10H2,1-4H3,(H,15,18). The molecule has 7 nitrogen and oxygen atoms in total. The molecular formula is C14H23N3O4. The molecule has 0 spiro atoms. The summed E-state index contributed by atoms with van der Waals surface area (Å²) in [5, 5.41) is 2.75. The molecule has 0 aromatic rings. The number of ether oxygens (including phenoxy) is 1. The zero-order valence-corrected chi connectivity index (χ0v) is 13.0. The number of imide groups is 1. The number of rotatable bonds is 8. The van der Waals surface area contributed by atoms with Crippen LogP contribution in [0.25, 0.3) is 0 Å². The van der Waals surface area contributed by atoms with Gasteiger partial charge in [-0.2, -0.15) is 0 Å². The third kappa shape index (κ3) is 6.05. The summed E-state index contributed by atoms with van der Waals surface area (Å²) in [5.74, 6) is -0.964. The zero-order valence-electron chi connectivity index (χ0n) is 13.0. The van der Waals surface area contributed by atoms with Gasteiger partial charge in [0, 0.05) is 31.7 Å². The van der Waals surface area contributed by atoms with Crippen molar-refractivity contribution in [2.24, 2.45) is 0 Å². The van der Waals surface area contributed by atoms with Crippen molar-refractivity contribution in [2.45, 2.75) is 25.9 Å². The Morgan fingerprint density at radius 1 is 1.29 bits per heavy atom. The van der Waals surface area contributed by atoms with Crippen LogP contribution < -0.4 is 5.32 Å². The Kier molecular flexibility index (Phi) is 6.04. The molecule has 0 fully saturated rings. The Hall–Kier alpha value is -1.73. The maximum atomic E-state index is 11.8. The number of nitrogens with one attached hydrogen (secondary N) is 1. The summed E-state index contributed by atoms with van der Waals surface area (Å²) in [5.41, 5.74) is -0.485. The van der Waals surface area contributed by atoms with E-state index in [1.54, 1.807) is 0 Å². The Labute approximate surface area is 124 Å². The minimum atomic E-state index is -0.485. The molecule has 118 valence electrons. The van der Waals surface area contributed by atoms with Crippen molar-refractivity contribution < 1.29 is 19.1 Å². The molecule has 0 aromatic heterocycles. The highest BCUT2D eigenvalue weighted by atomic mass is 16.5. The number of carbonyl (C=O) groups excluding carboxylic acids is 3. The fourth-order valence-electron chi connectivity index (χ4n) is 1.62. The second kappa shape index (κ2) is 7.33. The Morgan fingerprint density at radius 2 is 1.86 bits per heavy atom. The lowest BCUT2D eigenvalue weighted by molar-refractivity contribution is -0.137. The number of amides is 3. The smallest absolute Gasteiger partial charge is 0.253 e. The molecule has 1 heterocycles. The van der Waals surface area contributed by atoms with E-state index in [9.17, 15) is 14.4 Å². The topological polar surface area (TPSA) is 79.0 Å². The van der Waals surface area contributed by atoms with Gasteiger partial charge >= 0.3 is 0 Å². The molecule has 0 unspecified atom stereocenters. The van der Waals surface area contributed by atoms with Gasteiger partial charge in [0.25, 0.3) is 11.8 Å². The molecular weight excluding hydrogens is 274 g/mol. The predicted molar refractivity (Wildman–Crippen MR) is 77.2 cm³/mol. The molecule has 0 aliphatic carbocycles. The normalized spacial score (nSPS) is 15.2. The van der Waals surface area contributed by atoms with Gasteiger partial charge < -0.3 is 10.1 Å². The molecule has 1 aliphatic heterocycles. The number of hydrogen-bond donors (Lipinski definition) is 1. The van der Waals surface area contributed by atoms with Gasteiger partial charge in [0.15, 0.2) is 0 Å². The minimum Gasteiger partial charge on any atom is -0.358 e. The number of nitrogens with zero attached hydrogens (tertiary/aromatic N) is 2. The molecule has 1 rings (SSSR count). The van der Waals surface area contributed by atoms with E-state index in [4.69, 9.17) is 4.74 Å². The average Bonchev–Trinajstić information content (AvgIpc) is 2.71. The molecule has 1 N–H and O–H groups in total.